The Morgan fingerprint density at radius 1 is 0.976 bits per heavy atom. The number of nitrogens with one attached hydrogen (secondary N) is 3. The van der Waals surface area contributed by atoms with E-state index in [1.807, 2.05) is 60.8 Å². The fourth-order valence-corrected chi connectivity index (χ4v) is 4.95. The molecule has 42 heavy (non-hydrogen) atoms. The number of aliphatic hydroxyl groups is 1. The molecule has 2 amide bonds. The Morgan fingerprint density at radius 3 is 2.43 bits per heavy atom. The van der Waals surface area contributed by atoms with Crippen LogP contribution in [0.3, 0.4) is 0 Å². The van der Waals surface area contributed by atoms with Crippen LogP contribution in [0.15, 0.2) is 86.1 Å². The number of allylic oxidation sites excluding steroid dienone is 2. The third-order valence-corrected chi connectivity index (χ3v) is 7.23. The van der Waals surface area contributed by atoms with Crippen LogP contribution in [0.1, 0.15) is 43.7 Å². The van der Waals surface area contributed by atoms with Crippen molar-refractivity contribution < 1.29 is 24.2 Å². The van der Waals surface area contributed by atoms with E-state index in [2.05, 4.69) is 28.8 Å². The van der Waals surface area contributed by atoms with Gasteiger partial charge < -0.3 is 25.5 Å². The first-order valence-corrected chi connectivity index (χ1v) is 14.5. The number of fused-ring (bicyclic) bond motifs is 1. The van der Waals surface area contributed by atoms with Crippen LogP contribution < -0.4 is 10.6 Å². The van der Waals surface area contributed by atoms with E-state index in [0.717, 1.165) is 22.0 Å². The lowest BCUT2D eigenvalue weighted by atomic mass is 9.95. The molecule has 0 saturated carbocycles. The number of aromatic amines is 1. The fraction of sp³-hybridized carbons (Fsp3) is 0.382. The minimum Gasteiger partial charge on any atom is -0.463 e. The molecule has 2 aromatic carbocycles. The molecule has 0 saturated heterocycles. The Bertz CT molecular complexity index is 1320. The van der Waals surface area contributed by atoms with E-state index >= 15 is 0 Å². The zero-order valence-electron chi connectivity index (χ0n) is 24.4. The van der Waals surface area contributed by atoms with E-state index in [9.17, 15) is 19.5 Å². The Labute approximate surface area is 248 Å². The third kappa shape index (κ3) is 10.0. The van der Waals surface area contributed by atoms with E-state index in [1.165, 1.54) is 0 Å². The van der Waals surface area contributed by atoms with Gasteiger partial charge in [0.25, 0.3) is 0 Å². The van der Waals surface area contributed by atoms with Gasteiger partial charge in [0.2, 0.25) is 11.8 Å². The lowest BCUT2D eigenvalue weighted by Crippen LogP contribution is -2.45. The molecule has 8 heteroatoms. The summed E-state index contributed by atoms with van der Waals surface area (Å²) in [6.45, 7) is 9.02. The maximum atomic E-state index is 13.4. The quantitative estimate of drug-likeness (QED) is 0.131. The summed E-state index contributed by atoms with van der Waals surface area (Å²) in [5, 5.41) is 16.0. The number of carbonyl (C=O) groups excluding carboxylic acids is 3. The number of hydrogen-bond acceptors (Lipinski definition) is 5. The van der Waals surface area contributed by atoms with Crippen molar-refractivity contribution in [1.82, 2.24) is 15.6 Å². The van der Waals surface area contributed by atoms with Crippen molar-refractivity contribution in [3.8, 4) is 0 Å². The molecule has 8 nitrogen and oxygen atoms in total. The monoisotopic (exact) mass is 573 g/mol. The minimum atomic E-state index is -0.659. The molecule has 0 aliphatic carbocycles. The number of hydrogen-bond donors (Lipinski definition) is 4. The number of ether oxygens (including phenoxy) is 1. The normalized spacial score (nSPS) is 13.9. The van der Waals surface area contributed by atoms with Crippen LogP contribution in [0.2, 0.25) is 0 Å². The molecule has 0 aliphatic rings. The summed E-state index contributed by atoms with van der Waals surface area (Å²) < 4.78 is 5.86. The van der Waals surface area contributed by atoms with Crippen molar-refractivity contribution in [3.05, 3.63) is 97.2 Å². The SMILES string of the molecule is C=CCC[C@H](Cc1ccccc1)C(=O)OC[C@H](Cc1c[nH]c2ccccc12)NC(=O)[C@H](CC=C)CC(=O)N[C@H](C)CO. The number of amides is 2. The molecule has 0 fully saturated rings. The van der Waals surface area contributed by atoms with Crippen molar-refractivity contribution in [2.45, 2.75) is 57.5 Å². The molecule has 224 valence electrons. The molecule has 0 spiro atoms. The highest BCUT2D eigenvalue weighted by atomic mass is 16.5. The molecule has 0 bridgehead atoms. The molecule has 4 N–H and O–H groups in total. The predicted octanol–water partition coefficient (Wildman–Crippen LogP) is 4.64. The maximum absolute atomic E-state index is 13.4. The van der Waals surface area contributed by atoms with Gasteiger partial charge in [-0.05, 0) is 56.2 Å². The number of aromatic nitrogens is 1. The Kier molecular flexibility index (Phi) is 13.0. The van der Waals surface area contributed by atoms with Gasteiger partial charge in [-0.3, -0.25) is 14.4 Å². The van der Waals surface area contributed by atoms with Crippen LogP contribution in [-0.4, -0.2) is 53.2 Å². The van der Waals surface area contributed by atoms with E-state index in [4.69, 9.17) is 4.74 Å². The predicted molar refractivity (Wildman–Crippen MR) is 166 cm³/mol. The second-order valence-electron chi connectivity index (χ2n) is 10.7. The fourth-order valence-electron chi connectivity index (χ4n) is 4.95. The van der Waals surface area contributed by atoms with E-state index in [-0.39, 0.29) is 43.3 Å². The van der Waals surface area contributed by atoms with Crippen molar-refractivity contribution in [2.75, 3.05) is 13.2 Å². The summed E-state index contributed by atoms with van der Waals surface area (Å²) in [5.41, 5.74) is 3.00. The second kappa shape index (κ2) is 16.9. The minimum absolute atomic E-state index is 0.0159. The van der Waals surface area contributed by atoms with Gasteiger partial charge >= 0.3 is 5.97 Å². The molecule has 4 atom stereocenters. The largest absolute Gasteiger partial charge is 0.463 e. The van der Waals surface area contributed by atoms with Gasteiger partial charge in [0.15, 0.2) is 0 Å². The molecule has 0 unspecified atom stereocenters. The number of benzene rings is 2. The Morgan fingerprint density at radius 2 is 1.71 bits per heavy atom. The van der Waals surface area contributed by atoms with E-state index in [1.54, 1.807) is 19.1 Å². The van der Waals surface area contributed by atoms with E-state index in [0.29, 0.717) is 32.1 Å². The highest BCUT2D eigenvalue weighted by Crippen LogP contribution is 2.21. The number of esters is 1. The van der Waals surface area contributed by atoms with Crippen LogP contribution in [0.4, 0.5) is 0 Å². The summed E-state index contributed by atoms with van der Waals surface area (Å²) in [7, 11) is 0. The van der Waals surface area contributed by atoms with Gasteiger partial charge in [-0.1, -0.05) is 60.7 Å². The second-order valence-corrected chi connectivity index (χ2v) is 10.7. The standard InChI is InChI=1S/C34H43N3O5/c1-4-6-15-27(18-25-13-8-7-9-14-25)34(41)42-23-29(19-28-21-35-31-17-11-10-16-30(28)31)37-33(40)26(12-5-2)20-32(39)36-24(3)22-38/h4-5,7-11,13-14,16-17,21,24,26-27,29,35,38H,1-2,6,12,15,18-20,22-23H2,3H3,(H,36,39)(H,37,40)/t24-,26-,27-,29+/m1/s1. The lowest BCUT2D eigenvalue weighted by Gasteiger charge is -2.24. The average molecular weight is 574 g/mol. The summed E-state index contributed by atoms with van der Waals surface area (Å²) >= 11 is 0. The topological polar surface area (TPSA) is 121 Å². The smallest absolute Gasteiger partial charge is 0.309 e. The van der Waals surface area contributed by atoms with Gasteiger partial charge in [-0.2, -0.15) is 0 Å². The third-order valence-electron chi connectivity index (χ3n) is 7.23. The molecule has 3 rings (SSSR count). The lowest BCUT2D eigenvalue weighted by molar-refractivity contribution is -0.150. The van der Waals surface area contributed by atoms with Crippen LogP contribution in [0.25, 0.3) is 10.9 Å². The summed E-state index contributed by atoms with van der Waals surface area (Å²) in [5.74, 6) is -1.98. The van der Waals surface area contributed by atoms with Crippen LogP contribution >= 0.6 is 0 Å². The summed E-state index contributed by atoms with van der Waals surface area (Å²) in [6.07, 6.45) is 7.82. The molecule has 1 aromatic heterocycles. The number of carbonyl (C=O) groups is 3. The van der Waals surface area contributed by atoms with Crippen molar-refractivity contribution in [1.29, 1.82) is 0 Å². The van der Waals surface area contributed by atoms with Crippen molar-refractivity contribution in [3.63, 3.8) is 0 Å². The van der Waals surface area contributed by atoms with Crippen LogP contribution in [0, 0.1) is 11.8 Å². The maximum Gasteiger partial charge on any atom is 0.309 e. The number of para-hydroxylation sites is 1. The number of aliphatic hydroxyl groups excluding tert-OH is 1. The number of H-pyrrole nitrogens is 1. The van der Waals surface area contributed by atoms with Crippen molar-refractivity contribution >= 4 is 28.7 Å². The Hall–Kier alpha value is -4.17. The highest BCUT2D eigenvalue weighted by Gasteiger charge is 2.27. The van der Waals surface area contributed by atoms with Gasteiger partial charge in [0, 0.05) is 29.6 Å². The molecule has 1 heterocycles. The number of rotatable bonds is 18. The first kappa shape index (κ1) is 32.3. The van der Waals surface area contributed by atoms with E-state index < -0.39 is 18.0 Å². The molecule has 0 radical (unpaired) electrons. The van der Waals surface area contributed by atoms with Crippen molar-refractivity contribution in [2.24, 2.45) is 11.8 Å². The highest BCUT2D eigenvalue weighted by molar-refractivity contribution is 5.86. The first-order valence-electron chi connectivity index (χ1n) is 14.5. The van der Waals surface area contributed by atoms with Crippen LogP contribution in [0.5, 0.6) is 0 Å². The molecule has 3 aromatic rings. The van der Waals surface area contributed by atoms with Crippen LogP contribution in [-0.2, 0) is 32.0 Å². The first-order chi connectivity index (χ1) is 20.3. The summed E-state index contributed by atoms with van der Waals surface area (Å²) in [4.78, 5) is 42.5. The summed E-state index contributed by atoms with van der Waals surface area (Å²) in [6, 6.07) is 16.8. The van der Waals surface area contributed by atoms with Gasteiger partial charge in [-0.25, -0.2) is 0 Å². The molecule has 0 aliphatic heterocycles. The Balaban J connectivity index is 1.76. The zero-order chi connectivity index (χ0) is 30.3. The zero-order valence-corrected chi connectivity index (χ0v) is 24.4. The van der Waals surface area contributed by atoms with Gasteiger partial charge in [-0.15, -0.1) is 13.2 Å². The van der Waals surface area contributed by atoms with Gasteiger partial charge in [0.1, 0.15) is 6.61 Å². The molecular weight excluding hydrogens is 530 g/mol. The molecular formula is C34H43N3O5. The average Bonchev–Trinajstić information content (AvgIpc) is 3.40. The van der Waals surface area contributed by atoms with Gasteiger partial charge in [0.05, 0.1) is 24.5 Å².